The van der Waals surface area contributed by atoms with Gasteiger partial charge in [-0.2, -0.15) is 0 Å². The number of halogens is 2. The van der Waals surface area contributed by atoms with E-state index in [9.17, 15) is 9.90 Å². The van der Waals surface area contributed by atoms with Crippen molar-refractivity contribution in [2.24, 2.45) is 5.41 Å². The molecule has 0 saturated heterocycles. The molecule has 0 amide bonds. The first-order valence-electron chi connectivity index (χ1n) is 9.51. The second-order valence-corrected chi connectivity index (χ2v) is 8.42. The van der Waals surface area contributed by atoms with Crippen LogP contribution in [0.3, 0.4) is 0 Å². The minimum Gasteiger partial charge on any atom is -0.494 e. The van der Waals surface area contributed by atoms with E-state index in [4.69, 9.17) is 27.9 Å². The zero-order valence-electron chi connectivity index (χ0n) is 16.9. The molecule has 0 spiro atoms. The highest BCUT2D eigenvalue weighted by Crippen LogP contribution is 2.30. The minimum atomic E-state index is -0.951. The number of carboxylic acids is 1. The average molecular weight is 427 g/mol. The minimum absolute atomic E-state index is 0.276. The molecular weight excluding hydrogens is 399 g/mol. The smallest absolute Gasteiger partial charge is 0.309 e. The highest BCUT2D eigenvalue weighted by atomic mass is 35.5. The zero-order chi connectivity index (χ0) is 20.9. The van der Waals surface area contributed by atoms with Crippen LogP contribution >= 0.6 is 23.2 Å². The third-order valence-electron chi connectivity index (χ3n) is 4.77. The van der Waals surface area contributed by atoms with Gasteiger partial charge in [-0.05, 0) is 44.9 Å². The van der Waals surface area contributed by atoms with E-state index in [-0.39, 0.29) is 6.42 Å². The third-order valence-corrected chi connectivity index (χ3v) is 5.43. The lowest BCUT2D eigenvalue weighted by atomic mass is 9.88. The predicted octanol–water partition coefficient (Wildman–Crippen LogP) is 5.77. The number of imidazole rings is 1. The molecule has 1 heterocycles. The van der Waals surface area contributed by atoms with Crippen molar-refractivity contribution in [1.29, 1.82) is 0 Å². The lowest BCUT2D eigenvalue weighted by Gasteiger charge is -2.21. The second-order valence-electron chi connectivity index (χ2n) is 7.66. The molecule has 0 atom stereocenters. The van der Waals surface area contributed by atoms with E-state index in [1.54, 1.807) is 13.8 Å². The summed E-state index contributed by atoms with van der Waals surface area (Å²) in [7, 11) is 0. The van der Waals surface area contributed by atoms with E-state index in [0.29, 0.717) is 29.0 Å². The summed E-state index contributed by atoms with van der Waals surface area (Å²) in [5.41, 5.74) is 0.644. The van der Waals surface area contributed by atoms with Gasteiger partial charge in [0.25, 0.3) is 0 Å². The van der Waals surface area contributed by atoms with Gasteiger partial charge in [0.15, 0.2) is 5.15 Å². The number of hydrogen-bond acceptors (Lipinski definition) is 3. The van der Waals surface area contributed by atoms with Gasteiger partial charge in [-0.15, -0.1) is 0 Å². The van der Waals surface area contributed by atoms with Crippen molar-refractivity contribution in [1.82, 2.24) is 9.55 Å². The number of rotatable bonds is 10. The van der Waals surface area contributed by atoms with Crippen LogP contribution in [0.25, 0.3) is 0 Å². The molecule has 2 rings (SSSR count). The highest BCUT2D eigenvalue weighted by Gasteiger charge is 2.31. The number of hydrogen-bond donors (Lipinski definition) is 1. The molecule has 1 N–H and O–H groups in total. The average Bonchev–Trinajstić information content (AvgIpc) is 2.87. The Balaban J connectivity index is 2.20. The topological polar surface area (TPSA) is 64.4 Å². The third kappa shape index (κ3) is 5.65. The summed E-state index contributed by atoms with van der Waals surface area (Å²) in [5, 5.41) is 10.4. The van der Waals surface area contributed by atoms with Crippen LogP contribution in [-0.2, 0) is 17.8 Å². The standard InChI is InChI=1S/C21H28Cl2N2O3/c1-5-6-7-10-28-16-9-8-15(17(22)11-16)13-25-14(2)24-19(23)18(25)12-21(3,4)20(26)27/h8-9,11H,5-7,10,12-13H2,1-4H3,(H,26,27). The Morgan fingerprint density at radius 2 is 2.00 bits per heavy atom. The van der Waals surface area contributed by atoms with E-state index in [2.05, 4.69) is 11.9 Å². The number of aryl methyl sites for hydroxylation is 1. The molecule has 0 saturated carbocycles. The van der Waals surface area contributed by atoms with Crippen LogP contribution in [0.2, 0.25) is 10.2 Å². The normalized spacial score (nSPS) is 11.6. The van der Waals surface area contributed by atoms with E-state index in [1.807, 2.05) is 29.7 Å². The Hall–Kier alpha value is -1.72. The lowest BCUT2D eigenvalue weighted by molar-refractivity contribution is -0.146. The van der Waals surface area contributed by atoms with Gasteiger partial charge in [0, 0.05) is 11.4 Å². The van der Waals surface area contributed by atoms with Crippen molar-refractivity contribution < 1.29 is 14.6 Å². The number of nitrogens with zero attached hydrogens (tertiary/aromatic N) is 2. The van der Waals surface area contributed by atoms with Crippen LogP contribution < -0.4 is 4.74 Å². The molecule has 1 aromatic carbocycles. The molecular formula is C21H28Cl2N2O3. The summed E-state index contributed by atoms with van der Waals surface area (Å²) in [5.74, 6) is 0.589. The van der Waals surface area contributed by atoms with Crippen molar-refractivity contribution in [3.8, 4) is 5.75 Å². The maximum Gasteiger partial charge on any atom is 0.309 e. The molecule has 0 radical (unpaired) electrons. The number of carbonyl (C=O) groups is 1. The monoisotopic (exact) mass is 426 g/mol. The van der Waals surface area contributed by atoms with Crippen LogP contribution in [0.1, 0.15) is 57.1 Å². The fourth-order valence-electron chi connectivity index (χ4n) is 2.90. The van der Waals surface area contributed by atoms with Crippen LogP contribution in [-0.4, -0.2) is 27.2 Å². The summed E-state index contributed by atoms with van der Waals surface area (Å²) in [6.07, 6.45) is 3.59. The maximum atomic E-state index is 11.5. The van der Waals surface area contributed by atoms with Crippen molar-refractivity contribution >= 4 is 29.2 Å². The molecule has 2 aromatic rings. The Labute approximate surface area is 176 Å². The fraction of sp³-hybridized carbons (Fsp3) is 0.524. The first-order chi connectivity index (χ1) is 13.2. The van der Waals surface area contributed by atoms with E-state index < -0.39 is 11.4 Å². The van der Waals surface area contributed by atoms with Gasteiger partial charge in [-0.3, -0.25) is 4.79 Å². The van der Waals surface area contributed by atoms with Crippen LogP contribution in [0.4, 0.5) is 0 Å². The number of benzene rings is 1. The van der Waals surface area contributed by atoms with Crippen molar-refractivity contribution in [3.05, 3.63) is 45.5 Å². The number of aromatic nitrogens is 2. The van der Waals surface area contributed by atoms with Gasteiger partial charge in [-0.25, -0.2) is 4.98 Å². The molecule has 0 fully saturated rings. The first kappa shape index (κ1) is 22.6. The summed E-state index contributed by atoms with van der Waals surface area (Å²) in [4.78, 5) is 15.8. The van der Waals surface area contributed by atoms with Crippen molar-refractivity contribution in [3.63, 3.8) is 0 Å². The number of unbranched alkanes of at least 4 members (excludes halogenated alkanes) is 2. The predicted molar refractivity (Wildman–Crippen MR) is 113 cm³/mol. The van der Waals surface area contributed by atoms with E-state index in [0.717, 1.165) is 36.4 Å². The summed E-state index contributed by atoms with van der Waals surface area (Å²) in [6, 6.07) is 5.65. The molecule has 0 unspecified atom stereocenters. The Morgan fingerprint density at radius 1 is 1.29 bits per heavy atom. The van der Waals surface area contributed by atoms with Crippen molar-refractivity contribution in [2.45, 2.75) is 59.9 Å². The maximum absolute atomic E-state index is 11.5. The molecule has 5 nitrogen and oxygen atoms in total. The molecule has 0 aliphatic rings. The van der Waals surface area contributed by atoms with Gasteiger partial charge in [0.2, 0.25) is 0 Å². The molecule has 1 aromatic heterocycles. The summed E-state index contributed by atoms with van der Waals surface area (Å²) >= 11 is 12.8. The van der Waals surface area contributed by atoms with Gasteiger partial charge in [0.1, 0.15) is 11.6 Å². The molecule has 7 heteroatoms. The Bertz CT molecular complexity index is 831. The number of carboxylic acid groups (broad SMARTS) is 1. The Morgan fingerprint density at radius 3 is 2.61 bits per heavy atom. The van der Waals surface area contributed by atoms with E-state index in [1.165, 1.54) is 0 Å². The Kier molecular flexibility index (Phi) is 7.79. The second kappa shape index (κ2) is 9.66. The highest BCUT2D eigenvalue weighted by molar-refractivity contribution is 6.31. The molecule has 0 bridgehead atoms. The summed E-state index contributed by atoms with van der Waals surface area (Å²) in [6.45, 7) is 8.50. The molecule has 0 aliphatic heterocycles. The first-order valence-corrected chi connectivity index (χ1v) is 10.3. The van der Waals surface area contributed by atoms with Gasteiger partial charge >= 0.3 is 5.97 Å². The van der Waals surface area contributed by atoms with Gasteiger partial charge < -0.3 is 14.4 Å². The largest absolute Gasteiger partial charge is 0.494 e. The number of aliphatic carboxylic acids is 1. The van der Waals surface area contributed by atoms with E-state index >= 15 is 0 Å². The SMILES string of the molecule is CCCCCOc1ccc(Cn2c(C)nc(Cl)c2CC(C)(C)C(=O)O)c(Cl)c1. The molecule has 154 valence electrons. The van der Waals surface area contributed by atoms with Gasteiger partial charge in [0.05, 0.1) is 24.3 Å². The fourth-order valence-corrected chi connectivity index (χ4v) is 3.43. The molecule has 28 heavy (non-hydrogen) atoms. The molecule has 0 aliphatic carbocycles. The number of ether oxygens (including phenoxy) is 1. The quantitative estimate of drug-likeness (QED) is 0.489. The summed E-state index contributed by atoms with van der Waals surface area (Å²) < 4.78 is 7.67. The van der Waals surface area contributed by atoms with Crippen LogP contribution in [0.5, 0.6) is 5.75 Å². The lowest BCUT2D eigenvalue weighted by Crippen LogP contribution is -2.27. The van der Waals surface area contributed by atoms with Gasteiger partial charge in [-0.1, -0.05) is 49.0 Å². The van der Waals surface area contributed by atoms with Crippen molar-refractivity contribution in [2.75, 3.05) is 6.61 Å². The zero-order valence-corrected chi connectivity index (χ0v) is 18.4. The van der Waals surface area contributed by atoms with Crippen LogP contribution in [0.15, 0.2) is 18.2 Å². The van der Waals surface area contributed by atoms with Crippen LogP contribution in [0, 0.1) is 12.3 Å².